The lowest BCUT2D eigenvalue weighted by atomic mass is 10.2. The molecule has 0 amide bonds. The van der Waals surface area contributed by atoms with Crippen LogP contribution in [0.5, 0.6) is 0 Å². The predicted molar refractivity (Wildman–Crippen MR) is 46.0 cm³/mol. The van der Waals surface area contributed by atoms with Crippen molar-refractivity contribution >= 4 is 21.6 Å². The summed E-state index contributed by atoms with van der Waals surface area (Å²) in [7, 11) is 0. The van der Waals surface area contributed by atoms with Crippen LogP contribution in [0.1, 0.15) is 5.56 Å². The second-order valence-corrected chi connectivity index (χ2v) is 2.61. The smallest absolute Gasteiger partial charge is 0.145 e. The summed E-state index contributed by atoms with van der Waals surface area (Å²) < 4.78 is 12.6. The van der Waals surface area contributed by atoms with Gasteiger partial charge in [0, 0.05) is 5.33 Å². The second-order valence-electron chi connectivity index (χ2n) is 2.05. The van der Waals surface area contributed by atoms with E-state index in [0.29, 0.717) is 5.33 Å². The van der Waals surface area contributed by atoms with Gasteiger partial charge < -0.3 is 10.7 Å². The third kappa shape index (κ3) is 1.91. The van der Waals surface area contributed by atoms with Crippen LogP contribution in [0.25, 0.3) is 0 Å². The van der Waals surface area contributed by atoms with Gasteiger partial charge in [-0.2, -0.15) is 0 Å². The molecule has 1 rings (SSSR count). The topological polar surface area (TPSA) is 35.1 Å². The van der Waals surface area contributed by atoms with E-state index in [1.807, 2.05) is 0 Å². The minimum atomic E-state index is -0.523. The van der Waals surface area contributed by atoms with Gasteiger partial charge in [-0.25, -0.2) is 4.39 Å². The molecular formula is C7H6BrFNO-. The van der Waals surface area contributed by atoms with Crippen LogP contribution >= 0.6 is 15.9 Å². The molecular weight excluding hydrogens is 213 g/mol. The molecule has 1 aromatic rings. The molecule has 0 saturated heterocycles. The van der Waals surface area contributed by atoms with E-state index in [4.69, 9.17) is 0 Å². The molecule has 2 nitrogen and oxygen atoms in total. The van der Waals surface area contributed by atoms with Crippen LogP contribution in [0.2, 0.25) is 0 Å². The Morgan fingerprint density at radius 2 is 2.27 bits per heavy atom. The lowest BCUT2D eigenvalue weighted by Crippen LogP contribution is -1.91. The molecule has 0 aliphatic carbocycles. The monoisotopic (exact) mass is 218 g/mol. The van der Waals surface area contributed by atoms with Crippen molar-refractivity contribution in [2.75, 3.05) is 5.48 Å². The number of anilines is 1. The first-order valence-electron chi connectivity index (χ1n) is 3.00. The van der Waals surface area contributed by atoms with Gasteiger partial charge in [0.15, 0.2) is 0 Å². The molecule has 0 aliphatic rings. The Balaban J connectivity index is 3.02. The van der Waals surface area contributed by atoms with Crippen molar-refractivity contribution in [3.8, 4) is 0 Å². The molecule has 0 heterocycles. The Hall–Kier alpha value is -0.610. The molecule has 0 atom stereocenters. The number of hydrogen-bond donors (Lipinski definition) is 1. The molecule has 1 aromatic carbocycles. The Morgan fingerprint density at radius 3 is 2.82 bits per heavy atom. The van der Waals surface area contributed by atoms with Crippen molar-refractivity contribution in [2.45, 2.75) is 5.33 Å². The predicted octanol–water partition coefficient (Wildman–Crippen LogP) is 2.63. The number of alkyl halides is 1. The van der Waals surface area contributed by atoms with Gasteiger partial charge in [-0.05, 0) is 17.7 Å². The summed E-state index contributed by atoms with van der Waals surface area (Å²) in [6.45, 7) is 0. The highest BCUT2D eigenvalue weighted by Crippen LogP contribution is 2.16. The molecule has 0 spiro atoms. The molecule has 1 N–H and O–H groups in total. The Kier molecular flexibility index (Phi) is 2.84. The van der Waals surface area contributed by atoms with Gasteiger partial charge in [0.1, 0.15) is 5.82 Å². The summed E-state index contributed by atoms with van der Waals surface area (Å²) in [6.07, 6.45) is 0. The Bertz CT molecular complexity index is 254. The first kappa shape index (κ1) is 8.49. The third-order valence-corrected chi connectivity index (χ3v) is 1.94. The normalized spacial score (nSPS) is 9.73. The van der Waals surface area contributed by atoms with Crippen molar-refractivity contribution in [2.24, 2.45) is 0 Å². The van der Waals surface area contributed by atoms with Crippen LogP contribution in [0.4, 0.5) is 10.1 Å². The third-order valence-electron chi connectivity index (χ3n) is 1.30. The maximum absolute atomic E-state index is 12.6. The standard InChI is InChI=1S/C7H6BrFNO/c8-4-5-1-2-6(9)7(3-5)10-11/h1-3,10H,4H2/q-1. The van der Waals surface area contributed by atoms with Crippen molar-refractivity contribution < 1.29 is 4.39 Å². The molecule has 60 valence electrons. The minimum Gasteiger partial charge on any atom is -0.761 e. The zero-order valence-corrected chi connectivity index (χ0v) is 7.19. The lowest BCUT2D eigenvalue weighted by molar-refractivity contribution is 0.631. The van der Waals surface area contributed by atoms with Crippen LogP contribution in [0.15, 0.2) is 18.2 Å². The molecule has 0 aliphatic heterocycles. The molecule has 0 radical (unpaired) electrons. The highest BCUT2D eigenvalue weighted by atomic mass is 79.9. The van der Waals surface area contributed by atoms with Gasteiger partial charge in [0.2, 0.25) is 0 Å². The average Bonchev–Trinajstić information content (AvgIpc) is 2.05. The van der Waals surface area contributed by atoms with Gasteiger partial charge >= 0.3 is 0 Å². The summed E-state index contributed by atoms with van der Waals surface area (Å²) in [5, 5.41) is 10.7. The fourth-order valence-electron chi connectivity index (χ4n) is 0.734. The zero-order valence-electron chi connectivity index (χ0n) is 5.60. The van der Waals surface area contributed by atoms with E-state index in [0.717, 1.165) is 5.56 Å². The average molecular weight is 219 g/mol. The fourth-order valence-corrected chi connectivity index (χ4v) is 1.08. The van der Waals surface area contributed by atoms with Gasteiger partial charge in [-0.3, -0.25) is 0 Å². The van der Waals surface area contributed by atoms with E-state index in [2.05, 4.69) is 15.9 Å². The van der Waals surface area contributed by atoms with Crippen LogP contribution in [0, 0.1) is 11.0 Å². The molecule has 11 heavy (non-hydrogen) atoms. The molecule has 0 fully saturated rings. The summed E-state index contributed by atoms with van der Waals surface area (Å²) in [5.41, 5.74) is 2.38. The van der Waals surface area contributed by atoms with E-state index < -0.39 is 5.82 Å². The van der Waals surface area contributed by atoms with Crippen molar-refractivity contribution in [1.82, 2.24) is 0 Å². The van der Waals surface area contributed by atoms with Crippen LogP contribution in [0.3, 0.4) is 0 Å². The fraction of sp³-hybridized carbons (Fsp3) is 0.143. The van der Waals surface area contributed by atoms with E-state index in [1.54, 1.807) is 6.07 Å². The molecule has 0 bridgehead atoms. The molecule has 0 unspecified atom stereocenters. The van der Waals surface area contributed by atoms with Crippen molar-refractivity contribution in [3.63, 3.8) is 0 Å². The Labute approximate surface area is 72.1 Å². The van der Waals surface area contributed by atoms with Gasteiger partial charge in [0.05, 0.1) is 5.69 Å². The second kappa shape index (κ2) is 3.69. The van der Waals surface area contributed by atoms with E-state index in [1.165, 1.54) is 17.6 Å². The molecule has 4 heteroatoms. The van der Waals surface area contributed by atoms with Gasteiger partial charge in [-0.15, -0.1) is 0 Å². The maximum atomic E-state index is 12.6. The van der Waals surface area contributed by atoms with Crippen LogP contribution in [-0.4, -0.2) is 0 Å². The van der Waals surface area contributed by atoms with Crippen molar-refractivity contribution in [1.29, 1.82) is 0 Å². The maximum Gasteiger partial charge on any atom is 0.145 e. The van der Waals surface area contributed by atoms with Crippen LogP contribution in [-0.2, 0) is 5.33 Å². The van der Waals surface area contributed by atoms with E-state index >= 15 is 0 Å². The number of hydrogen-bond acceptors (Lipinski definition) is 2. The van der Waals surface area contributed by atoms with Crippen molar-refractivity contribution in [3.05, 3.63) is 34.8 Å². The first-order chi connectivity index (χ1) is 5.27. The highest BCUT2D eigenvalue weighted by molar-refractivity contribution is 9.08. The van der Waals surface area contributed by atoms with Crippen LogP contribution < -0.4 is 5.48 Å². The largest absolute Gasteiger partial charge is 0.761 e. The van der Waals surface area contributed by atoms with Gasteiger partial charge in [0.25, 0.3) is 0 Å². The summed E-state index contributed by atoms with van der Waals surface area (Å²) in [6, 6.07) is 4.35. The quantitative estimate of drug-likeness (QED) is 0.612. The number of nitrogens with one attached hydrogen (secondary N) is 1. The summed E-state index contributed by atoms with van der Waals surface area (Å²) in [5.74, 6) is -0.523. The molecule has 0 aromatic heterocycles. The summed E-state index contributed by atoms with van der Waals surface area (Å²) >= 11 is 3.19. The number of rotatable bonds is 2. The SMILES string of the molecule is [O-]Nc1cc(CBr)ccc1F. The van der Waals surface area contributed by atoms with E-state index in [-0.39, 0.29) is 5.69 Å². The molecule has 0 saturated carbocycles. The number of benzene rings is 1. The lowest BCUT2D eigenvalue weighted by Gasteiger charge is -2.10. The highest BCUT2D eigenvalue weighted by Gasteiger charge is 1.97. The Morgan fingerprint density at radius 1 is 1.55 bits per heavy atom. The van der Waals surface area contributed by atoms with E-state index in [9.17, 15) is 9.60 Å². The first-order valence-corrected chi connectivity index (χ1v) is 4.12. The number of halogens is 2. The minimum absolute atomic E-state index is 0.0121. The zero-order chi connectivity index (χ0) is 8.27. The summed E-state index contributed by atoms with van der Waals surface area (Å²) in [4.78, 5) is 0. The van der Waals surface area contributed by atoms with Gasteiger partial charge in [-0.1, -0.05) is 22.0 Å².